The highest BCUT2D eigenvalue weighted by Crippen LogP contribution is 2.08. The minimum atomic E-state index is 0. The van der Waals surface area contributed by atoms with Crippen LogP contribution in [0.3, 0.4) is 0 Å². The minimum Gasteiger partial charge on any atom is -0.356 e. The molecule has 2 aromatic rings. The SMILES string of the molecule is CN=C(NCCCN(C(C)C)C(C)C)NCc1ccc(-n2cccn2)cc1.I. The van der Waals surface area contributed by atoms with Crippen molar-refractivity contribution >= 4 is 29.9 Å². The van der Waals surface area contributed by atoms with Gasteiger partial charge in [-0.2, -0.15) is 5.10 Å². The van der Waals surface area contributed by atoms with E-state index in [0.29, 0.717) is 12.1 Å². The summed E-state index contributed by atoms with van der Waals surface area (Å²) in [6.07, 6.45) is 4.82. The third kappa shape index (κ3) is 7.79. The summed E-state index contributed by atoms with van der Waals surface area (Å²) < 4.78 is 1.86. The van der Waals surface area contributed by atoms with Crippen LogP contribution < -0.4 is 10.6 Å². The Morgan fingerprint density at radius 3 is 2.32 bits per heavy atom. The molecule has 2 rings (SSSR count). The zero-order valence-electron chi connectivity index (χ0n) is 17.7. The van der Waals surface area contributed by atoms with Gasteiger partial charge in [-0.1, -0.05) is 12.1 Å². The van der Waals surface area contributed by atoms with Gasteiger partial charge in [0, 0.05) is 51.2 Å². The highest BCUT2D eigenvalue weighted by Gasteiger charge is 2.12. The number of aliphatic imine (C=N–C) groups is 1. The molecule has 1 aromatic carbocycles. The number of guanidine groups is 1. The van der Waals surface area contributed by atoms with E-state index >= 15 is 0 Å². The van der Waals surface area contributed by atoms with Crippen molar-refractivity contribution in [2.75, 3.05) is 20.1 Å². The van der Waals surface area contributed by atoms with Gasteiger partial charge in [-0.05, 0) is 57.9 Å². The first-order valence-electron chi connectivity index (χ1n) is 9.80. The summed E-state index contributed by atoms with van der Waals surface area (Å²) in [5, 5.41) is 11.0. The first-order valence-corrected chi connectivity index (χ1v) is 9.80. The molecule has 0 saturated heterocycles. The van der Waals surface area contributed by atoms with Crippen LogP contribution in [0.5, 0.6) is 0 Å². The van der Waals surface area contributed by atoms with Crippen molar-refractivity contribution in [3.8, 4) is 5.69 Å². The lowest BCUT2D eigenvalue weighted by Crippen LogP contribution is -2.41. The molecule has 6 nitrogen and oxygen atoms in total. The van der Waals surface area contributed by atoms with Crippen molar-refractivity contribution in [3.63, 3.8) is 0 Å². The molecule has 0 atom stereocenters. The lowest BCUT2D eigenvalue weighted by Gasteiger charge is -2.30. The van der Waals surface area contributed by atoms with Gasteiger partial charge in [-0.3, -0.25) is 9.89 Å². The molecule has 0 fully saturated rings. The average Bonchev–Trinajstić information content (AvgIpc) is 3.18. The quantitative estimate of drug-likeness (QED) is 0.240. The van der Waals surface area contributed by atoms with E-state index in [-0.39, 0.29) is 24.0 Å². The molecule has 0 spiro atoms. The molecular weight excluding hydrogens is 463 g/mol. The van der Waals surface area contributed by atoms with Gasteiger partial charge < -0.3 is 10.6 Å². The fraction of sp³-hybridized carbons (Fsp3) is 0.524. The number of halogens is 1. The van der Waals surface area contributed by atoms with Gasteiger partial charge in [0.15, 0.2) is 5.96 Å². The zero-order valence-corrected chi connectivity index (χ0v) is 20.1. The summed E-state index contributed by atoms with van der Waals surface area (Å²) in [7, 11) is 1.81. The molecule has 0 unspecified atom stereocenters. The number of nitrogens with zero attached hydrogens (tertiary/aromatic N) is 4. The Morgan fingerprint density at radius 1 is 1.11 bits per heavy atom. The number of aromatic nitrogens is 2. The predicted octanol–water partition coefficient (Wildman–Crippen LogP) is 3.66. The second kappa shape index (κ2) is 12.8. The van der Waals surface area contributed by atoms with E-state index in [2.05, 4.69) is 77.6 Å². The molecule has 7 heteroatoms. The molecule has 0 radical (unpaired) electrons. The molecule has 0 aliphatic carbocycles. The van der Waals surface area contributed by atoms with Gasteiger partial charge in [0.05, 0.1) is 5.69 Å². The Morgan fingerprint density at radius 2 is 1.79 bits per heavy atom. The van der Waals surface area contributed by atoms with Gasteiger partial charge in [-0.15, -0.1) is 24.0 Å². The van der Waals surface area contributed by atoms with E-state index in [0.717, 1.165) is 37.7 Å². The fourth-order valence-electron chi connectivity index (χ4n) is 3.18. The van der Waals surface area contributed by atoms with Gasteiger partial charge in [0.25, 0.3) is 0 Å². The lowest BCUT2D eigenvalue weighted by molar-refractivity contribution is 0.173. The Balaban J connectivity index is 0.00000392. The summed E-state index contributed by atoms with van der Waals surface area (Å²) >= 11 is 0. The van der Waals surface area contributed by atoms with Crippen molar-refractivity contribution in [2.24, 2.45) is 4.99 Å². The van der Waals surface area contributed by atoms with Crippen molar-refractivity contribution < 1.29 is 0 Å². The summed E-state index contributed by atoms with van der Waals surface area (Å²) in [6.45, 7) is 11.8. The predicted molar refractivity (Wildman–Crippen MR) is 129 cm³/mol. The Bertz CT molecular complexity index is 671. The van der Waals surface area contributed by atoms with Crippen LogP contribution >= 0.6 is 24.0 Å². The molecule has 0 aliphatic heterocycles. The number of nitrogens with one attached hydrogen (secondary N) is 2. The molecule has 28 heavy (non-hydrogen) atoms. The largest absolute Gasteiger partial charge is 0.356 e. The van der Waals surface area contributed by atoms with Gasteiger partial charge in [-0.25, -0.2) is 4.68 Å². The summed E-state index contributed by atoms with van der Waals surface area (Å²) in [5.74, 6) is 0.840. The Hall–Kier alpha value is -1.61. The molecule has 0 amide bonds. The fourth-order valence-corrected chi connectivity index (χ4v) is 3.18. The maximum absolute atomic E-state index is 4.31. The average molecular weight is 498 g/mol. The summed E-state index contributed by atoms with van der Waals surface area (Å²) in [5.41, 5.74) is 2.27. The third-order valence-corrected chi connectivity index (χ3v) is 4.60. The van der Waals surface area contributed by atoms with Crippen molar-refractivity contribution in [1.82, 2.24) is 25.3 Å². The van der Waals surface area contributed by atoms with Crippen LogP contribution in [0, 0.1) is 0 Å². The van der Waals surface area contributed by atoms with Crippen molar-refractivity contribution in [2.45, 2.75) is 52.7 Å². The van der Waals surface area contributed by atoms with Crippen molar-refractivity contribution in [3.05, 3.63) is 48.3 Å². The summed E-state index contributed by atoms with van der Waals surface area (Å²) in [4.78, 5) is 6.83. The molecule has 156 valence electrons. The normalized spacial score (nSPS) is 11.8. The van der Waals surface area contributed by atoms with Crippen LogP contribution in [0.4, 0.5) is 0 Å². The van der Waals surface area contributed by atoms with Crippen molar-refractivity contribution in [1.29, 1.82) is 0 Å². The Kier molecular flexibility index (Phi) is 11.1. The highest BCUT2D eigenvalue weighted by molar-refractivity contribution is 14.0. The standard InChI is InChI=1S/C21H34N6.HI/c1-17(2)26(18(3)4)14-6-12-23-21(22-5)24-16-19-8-10-20(11-9-19)27-15-7-13-25-27;/h7-11,13,15,17-18H,6,12,14,16H2,1-5H3,(H2,22,23,24);1H. The third-order valence-electron chi connectivity index (χ3n) is 4.60. The second-order valence-electron chi connectivity index (χ2n) is 7.25. The first kappa shape index (κ1) is 24.4. The topological polar surface area (TPSA) is 57.5 Å². The van der Waals surface area contributed by atoms with Crippen LogP contribution in [0.15, 0.2) is 47.7 Å². The molecular formula is C21H35IN6. The zero-order chi connectivity index (χ0) is 19.6. The highest BCUT2D eigenvalue weighted by atomic mass is 127. The number of rotatable bonds is 9. The van der Waals surface area contributed by atoms with Gasteiger partial charge in [0.2, 0.25) is 0 Å². The molecule has 1 heterocycles. The van der Waals surface area contributed by atoms with Crippen LogP contribution in [0.2, 0.25) is 0 Å². The molecule has 2 N–H and O–H groups in total. The lowest BCUT2D eigenvalue weighted by atomic mass is 10.2. The van der Waals surface area contributed by atoms with E-state index in [1.807, 2.05) is 24.0 Å². The van der Waals surface area contributed by atoms with E-state index in [1.165, 1.54) is 5.56 Å². The Labute approximate surface area is 186 Å². The van der Waals surface area contributed by atoms with Crippen LogP contribution in [0.1, 0.15) is 39.7 Å². The number of hydrogen-bond acceptors (Lipinski definition) is 3. The van der Waals surface area contributed by atoms with E-state index in [1.54, 1.807) is 6.20 Å². The minimum absolute atomic E-state index is 0. The smallest absolute Gasteiger partial charge is 0.191 e. The molecule has 0 aliphatic rings. The monoisotopic (exact) mass is 498 g/mol. The van der Waals surface area contributed by atoms with Crippen LogP contribution in [0.25, 0.3) is 5.69 Å². The molecule has 0 bridgehead atoms. The van der Waals surface area contributed by atoms with Crippen LogP contribution in [-0.2, 0) is 6.54 Å². The number of benzene rings is 1. The summed E-state index contributed by atoms with van der Waals surface area (Å²) in [6, 6.07) is 11.5. The van der Waals surface area contributed by atoms with E-state index in [4.69, 9.17) is 0 Å². The second-order valence-corrected chi connectivity index (χ2v) is 7.25. The van der Waals surface area contributed by atoms with Crippen LogP contribution in [-0.4, -0.2) is 52.9 Å². The molecule has 0 saturated carbocycles. The maximum Gasteiger partial charge on any atom is 0.191 e. The first-order chi connectivity index (χ1) is 13.0. The maximum atomic E-state index is 4.31. The van der Waals surface area contributed by atoms with Gasteiger partial charge >= 0.3 is 0 Å². The van der Waals surface area contributed by atoms with E-state index in [9.17, 15) is 0 Å². The van der Waals surface area contributed by atoms with Gasteiger partial charge in [0.1, 0.15) is 0 Å². The van der Waals surface area contributed by atoms with E-state index < -0.39 is 0 Å². The number of hydrogen-bond donors (Lipinski definition) is 2. The molecule has 1 aromatic heterocycles.